The van der Waals surface area contributed by atoms with Gasteiger partial charge in [-0.2, -0.15) is 0 Å². The van der Waals surface area contributed by atoms with E-state index in [1.54, 1.807) is 30.3 Å². The summed E-state index contributed by atoms with van der Waals surface area (Å²) in [4.78, 5) is 38.8. The van der Waals surface area contributed by atoms with Crippen molar-refractivity contribution in [2.75, 3.05) is 11.9 Å². The van der Waals surface area contributed by atoms with Gasteiger partial charge in [-0.15, -0.1) is 0 Å². The van der Waals surface area contributed by atoms with Crippen molar-refractivity contribution in [2.45, 2.75) is 26.3 Å². The average Bonchev–Trinajstić information content (AvgIpc) is 3.13. The van der Waals surface area contributed by atoms with Crippen molar-refractivity contribution in [1.82, 2.24) is 4.90 Å². The molecular weight excluding hydrogens is 515 g/mol. The Bertz CT molecular complexity index is 1350. The van der Waals surface area contributed by atoms with Gasteiger partial charge in [0, 0.05) is 16.3 Å². The number of carbonyl (C=O) groups excluding carboxylic acids is 3. The SMILES string of the molecule is CC(C)c1ccccc1NC(=O)COc1ccc(/C=C2/SC(=O)N(Cc3c(F)cccc3Cl)C2=O)cc1. The van der Waals surface area contributed by atoms with E-state index in [-0.39, 0.29) is 40.5 Å². The molecule has 1 aliphatic rings. The van der Waals surface area contributed by atoms with Gasteiger partial charge in [0.2, 0.25) is 0 Å². The Morgan fingerprint density at radius 1 is 1.08 bits per heavy atom. The molecule has 0 saturated carbocycles. The van der Waals surface area contributed by atoms with E-state index in [0.717, 1.165) is 27.9 Å². The lowest BCUT2D eigenvalue weighted by atomic mass is 10.0. The maximum atomic E-state index is 14.1. The summed E-state index contributed by atoms with van der Waals surface area (Å²) in [5, 5.41) is 2.53. The van der Waals surface area contributed by atoms with Gasteiger partial charge in [0.25, 0.3) is 17.1 Å². The Balaban J connectivity index is 1.36. The van der Waals surface area contributed by atoms with E-state index in [9.17, 15) is 18.8 Å². The van der Waals surface area contributed by atoms with E-state index >= 15 is 0 Å². The summed E-state index contributed by atoms with van der Waals surface area (Å²) in [6, 6.07) is 18.6. The van der Waals surface area contributed by atoms with Crippen molar-refractivity contribution in [3.63, 3.8) is 0 Å². The first-order chi connectivity index (χ1) is 17.7. The molecule has 1 aliphatic heterocycles. The number of nitrogens with one attached hydrogen (secondary N) is 1. The molecule has 3 aromatic rings. The van der Waals surface area contributed by atoms with E-state index < -0.39 is 17.0 Å². The van der Waals surface area contributed by atoms with Crippen LogP contribution < -0.4 is 10.1 Å². The molecule has 0 unspecified atom stereocenters. The van der Waals surface area contributed by atoms with Crippen LogP contribution in [0.3, 0.4) is 0 Å². The Hall–Kier alpha value is -3.62. The highest BCUT2D eigenvalue weighted by Gasteiger charge is 2.35. The molecule has 4 rings (SSSR count). The topological polar surface area (TPSA) is 75.7 Å². The highest BCUT2D eigenvalue weighted by Crippen LogP contribution is 2.35. The van der Waals surface area contributed by atoms with Crippen LogP contribution >= 0.6 is 23.4 Å². The normalized spacial score (nSPS) is 14.5. The smallest absolute Gasteiger partial charge is 0.293 e. The minimum atomic E-state index is -0.580. The third kappa shape index (κ3) is 6.39. The van der Waals surface area contributed by atoms with Gasteiger partial charge in [0.15, 0.2) is 6.61 Å². The summed E-state index contributed by atoms with van der Waals surface area (Å²) in [7, 11) is 0. The molecule has 1 fully saturated rings. The first-order valence-corrected chi connectivity index (χ1v) is 12.7. The summed E-state index contributed by atoms with van der Waals surface area (Å²) in [6.07, 6.45) is 1.58. The molecule has 0 aromatic heterocycles. The van der Waals surface area contributed by atoms with Crippen LogP contribution in [-0.2, 0) is 16.1 Å². The number of hydrogen-bond acceptors (Lipinski definition) is 5. The first-order valence-electron chi connectivity index (χ1n) is 11.5. The number of halogens is 2. The van der Waals surface area contributed by atoms with E-state index in [1.165, 1.54) is 18.2 Å². The van der Waals surface area contributed by atoms with Gasteiger partial charge < -0.3 is 10.1 Å². The maximum Gasteiger partial charge on any atom is 0.293 e. The summed E-state index contributed by atoms with van der Waals surface area (Å²) in [5.74, 6) is -0.631. The lowest BCUT2D eigenvalue weighted by Gasteiger charge is -2.14. The lowest BCUT2D eigenvalue weighted by molar-refractivity contribution is -0.123. The van der Waals surface area contributed by atoms with Crippen molar-refractivity contribution in [3.05, 3.63) is 99.2 Å². The number of rotatable bonds is 8. The van der Waals surface area contributed by atoms with Crippen molar-refractivity contribution in [1.29, 1.82) is 0 Å². The summed E-state index contributed by atoms with van der Waals surface area (Å²) in [5.41, 5.74) is 2.55. The van der Waals surface area contributed by atoms with Crippen LogP contribution in [0, 0.1) is 5.82 Å². The number of anilines is 1. The van der Waals surface area contributed by atoms with Crippen LogP contribution in [0.2, 0.25) is 5.02 Å². The number of ether oxygens (including phenoxy) is 1. The molecule has 6 nitrogen and oxygen atoms in total. The number of nitrogens with zero attached hydrogens (tertiary/aromatic N) is 1. The highest BCUT2D eigenvalue weighted by atomic mass is 35.5. The zero-order valence-electron chi connectivity index (χ0n) is 20.2. The van der Waals surface area contributed by atoms with Crippen LogP contribution in [0.25, 0.3) is 6.08 Å². The number of para-hydroxylation sites is 1. The second-order valence-corrected chi connectivity index (χ2v) is 10.0. The average molecular weight is 539 g/mol. The van der Waals surface area contributed by atoms with Crippen LogP contribution in [0.4, 0.5) is 14.9 Å². The van der Waals surface area contributed by atoms with Crippen LogP contribution in [0.1, 0.15) is 36.5 Å². The maximum absolute atomic E-state index is 14.1. The number of carbonyl (C=O) groups is 3. The molecule has 190 valence electrons. The van der Waals surface area contributed by atoms with E-state index in [4.69, 9.17) is 16.3 Å². The van der Waals surface area contributed by atoms with Crippen molar-refractivity contribution < 1.29 is 23.5 Å². The Morgan fingerprint density at radius 2 is 1.81 bits per heavy atom. The predicted octanol–water partition coefficient (Wildman–Crippen LogP) is 6.86. The molecule has 0 aliphatic carbocycles. The zero-order chi connectivity index (χ0) is 26.5. The molecule has 1 heterocycles. The van der Waals surface area contributed by atoms with Crippen LogP contribution in [0.5, 0.6) is 5.75 Å². The molecule has 1 N–H and O–H groups in total. The molecule has 0 atom stereocenters. The van der Waals surface area contributed by atoms with Gasteiger partial charge in [-0.1, -0.05) is 61.8 Å². The second kappa shape index (κ2) is 11.6. The van der Waals surface area contributed by atoms with Gasteiger partial charge in [0.05, 0.1) is 11.4 Å². The third-order valence-corrected chi connectivity index (χ3v) is 6.92. The van der Waals surface area contributed by atoms with Gasteiger partial charge >= 0.3 is 0 Å². The highest BCUT2D eigenvalue weighted by molar-refractivity contribution is 8.18. The van der Waals surface area contributed by atoms with Crippen LogP contribution in [-0.4, -0.2) is 28.6 Å². The van der Waals surface area contributed by atoms with Gasteiger partial charge in [-0.05, 0) is 65.2 Å². The van der Waals surface area contributed by atoms with Gasteiger partial charge in [-0.3, -0.25) is 19.3 Å². The zero-order valence-corrected chi connectivity index (χ0v) is 21.7. The minimum absolute atomic E-state index is 0.0888. The minimum Gasteiger partial charge on any atom is -0.484 e. The van der Waals surface area contributed by atoms with E-state index in [0.29, 0.717) is 11.3 Å². The number of hydrogen-bond donors (Lipinski definition) is 1. The fraction of sp³-hybridized carbons (Fsp3) is 0.179. The number of benzene rings is 3. The molecule has 0 bridgehead atoms. The van der Waals surface area contributed by atoms with Crippen molar-refractivity contribution in [3.8, 4) is 5.75 Å². The van der Waals surface area contributed by atoms with Crippen molar-refractivity contribution >= 4 is 52.2 Å². The van der Waals surface area contributed by atoms with Crippen LogP contribution in [0.15, 0.2) is 71.6 Å². The fourth-order valence-corrected chi connectivity index (χ4v) is 4.80. The molecule has 37 heavy (non-hydrogen) atoms. The summed E-state index contributed by atoms with van der Waals surface area (Å²) < 4.78 is 19.7. The van der Waals surface area contributed by atoms with Gasteiger partial charge in [0.1, 0.15) is 11.6 Å². The number of amides is 3. The molecule has 3 aromatic carbocycles. The van der Waals surface area contributed by atoms with Crippen molar-refractivity contribution in [2.24, 2.45) is 0 Å². The lowest BCUT2D eigenvalue weighted by Crippen LogP contribution is -2.28. The Morgan fingerprint density at radius 3 is 2.51 bits per heavy atom. The van der Waals surface area contributed by atoms with E-state index in [2.05, 4.69) is 19.2 Å². The molecule has 1 saturated heterocycles. The molecular formula is C28H24ClFN2O4S. The third-order valence-electron chi connectivity index (χ3n) is 5.66. The largest absolute Gasteiger partial charge is 0.484 e. The first kappa shape index (κ1) is 26.4. The van der Waals surface area contributed by atoms with Gasteiger partial charge in [-0.25, -0.2) is 4.39 Å². The summed E-state index contributed by atoms with van der Waals surface area (Å²) in [6.45, 7) is 3.71. The number of thioether (sulfide) groups is 1. The molecule has 0 radical (unpaired) electrons. The predicted molar refractivity (Wildman–Crippen MR) is 144 cm³/mol. The number of imide groups is 1. The monoisotopic (exact) mass is 538 g/mol. The Kier molecular flexibility index (Phi) is 8.31. The Labute approximate surface area is 223 Å². The fourth-order valence-electron chi connectivity index (χ4n) is 3.74. The second-order valence-electron chi connectivity index (χ2n) is 8.62. The molecule has 3 amide bonds. The standard InChI is InChI=1S/C28H24ClFN2O4S/c1-17(2)20-6-3-4-9-24(20)31-26(33)16-36-19-12-10-18(11-13-19)14-25-27(34)32(28(35)37-25)15-21-22(29)7-5-8-23(21)30/h3-14,17H,15-16H2,1-2H3,(H,31,33)/b25-14+. The summed E-state index contributed by atoms with van der Waals surface area (Å²) >= 11 is 6.82. The van der Waals surface area contributed by atoms with E-state index in [1.807, 2.05) is 24.3 Å². The molecule has 9 heteroatoms. The molecule has 0 spiro atoms. The quantitative estimate of drug-likeness (QED) is 0.317.